The third-order valence-electron chi connectivity index (χ3n) is 8.44. The van der Waals surface area contributed by atoms with Gasteiger partial charge in [-0.15, -0.1) is 11.3 Å². The number of hydrogen-bond acceptors (Lipinski definition) is 3. The maximum atomic E-state index is 6.19. The second-order valence-corrected chi connectivity index (χ2v) is 12.1. The molecular formula is C40H25NOS. The van der Waals surface area contributed by atoms with Gasteiger partial charge in [-0.3, -0.25) is 0 Å². The summed E-state index contributed by atoms with van der Waals surface area (Å²) in [6, 6.07) is 54.4. The fourth-order valence-electron chi connectivity index (χ4n) is 6.44. The van der Waals surface area contributed by atoms with Crippen molar-refractivity contribution in [1.29, 1.82) is 0 Å². The van der Waals surface area contributed by atoms with E-state index < -0.39 is 0 Å². The molecule has 43 heavy (non-hydrogen) atoms. The average molecular weight is 568 g/mol. The van der Waals surface area contributed by atoms with Gasteiger partial charge in [-0.2, -0.15) is 0 Å². The number of fused-ring (bicyclic) bond motifs is 7. The van der Waals surface area contributed by atoms with Gasteiger partial charge in [0.25, 0.3) is 0 Å². The Morgan fingerprint density at radius 3 is 2.00 bits per heavy atom. The third kappa shape index (κ3) is 3.93. The first kappa shape index (κ1) is 24.2. The Bertz CT molecular complexity index is 2360. The molecule has 0 aliphatic carbocycles. The predicted octanol–water partition coefficient (Wildman–Crippen LogP) is 12.2. The van der Waals surface area contributed by atoms with E-state index in [2.05, 4.69) is 144 Å². The lowest BCUT2D eigenvalue weighted by Gasteiger charge is -2.26. The van der Waals surface area contributed by atoms with E-state index in [-0.39, 0.29) is 0 Å². The van der Waals surface area contributed by atoms with Crippen LogP contribution in [0.4, 0.5) is 17.1 Å². The van der Waals surface area contributed by atoms with Crippen LogP contribution in [0, 0.1) is 0 Å². The number of benzene rings is 7. The average Bonchev–Trinajstić information content (AvgIpc) is 3.63. The Labute approximate surface area is 252 Å². The standard InChI is InChI=1S/C40H25NOS/c1-2-13-31-26(9-1)10-8-16-32(31)27-11-7-12-28(23-27)41(29-19-21-38-35(24-29)33-14-3-5-17-37(33)42-38)30-20-22-40-36(25-30)34-15-4-6-18-39(34)43-40/h1-25H. The Kier molecular flexibility index (Phi) is 5.40. The largest absolute Gasteiger partial charge is 0.456 e. The Morgan fingerprint density at radius 2 is 1.07 bits per heavy atom. The number of furan rings is 1. The van der Waals surface area contributed by atoms with Gasteiger partial charge < -0.3 is 9.32 Å². The van der Waals surface area contributed by atoms with E-state index >= 15 is 0 Å². The Hall–Kier alpha value is -5.38. The molecule has 7 aromatic carbocycles. The zero-order chi connectivity index (χ0) is 28.3. The fraction of sp³-hybridized carbons (Fsp3) is 0. The van der Waals surface area contributed by atoms with Crippen LogP contribution in [0.5, 0.6) is 0 Å². The van der Waals surface area contributed by atoms with Gasteiger partial charge in [0.05, 0.1) is 0 Å². The molecule has 3 heteroatoms. The van der Waals surface area contributed by atoms with Crippen LogP contribution in [0.25, 0.3) is 64.0 Å². The molecule has 0 fully saturated rings. The highest BCUT2D eigenvalue weighted by atomic mass is 32.1. The molecule has 202 valence electrons. The van der Waals surface area contributed by atoms with Gasteiger partial charge in [0.2, 0.25) is 0 Å². The minimum atomic E-state index is 0.897. The summed E-state index contributed by atoms with van der Waals surface area (Å²) in [6.45, 7) is 0. The van der Waals surface area contributed by atoms with Crippen molar-refractivity contribution >= 4 is 81.3 Å². The number of anilines is 3. The van der Waals surface area contributed by atoms with Crippen molar-refractivity contribution in [3.63, 3.8) is 0 Å². The molecule has 2 heterocycles. The molecule has 0 N–H and O–H groups in total. The van der Waals surface area contributed by atoms with Gasteiger partial charge in [-0.1, -0.05) is 91.0 Å². The number of thiophene rings is 1. The normalized spacial score (nSPS) is 11.7. The van der Waals surface area contributed by atoms with Gasteiger partial charge in [-0.25, -0.2) is 0 Å². The van der Waals surface area contributed by atoms with E-state index in [1.54, 1.807) is 0 Å². The predicted molar refractivity (Wildman–Crippen MR) is 184 cm³/mol. The van der Waals surface area contributed by atoms with Crippen LogP contribution in [0.2, 0.25) is 0 Å². The molecule has 2 nitrogen and oxygen atoms in total. The number of hydrogen-bond donors (Lipinski definition) is 0. The van der Waals surface area contributed by atoms with Crippen LogP contribution in [-0.4, -0.2) is 0 Å². The second-order valence-electron chi connectivity index (χ2n) is 11.0. The Morgan fingerprint density at radius 1 is 0.419 bits per heavy atom. The van der Waals surface area contributed by atoms with E-state index in [0.717, 1.165) is 39.0 Å². The Balaban J connectivity index is 1.28. The summed E-state index contributed by atoms with van der Waals surface area (Å²) in [7, 11) is 0. The summed E-state index contributed by atoms with van der Waals surface area (Å²) >= 11 is 1.85. The number of rotatable bonds is 4. The molecule has 0 saturated carbocycles. The molecule has 0 aliphatic heterocycles. The number of para-hydroxylation sites is 1. The molecule has 0 aliphatic rings. The van der Waals surface area contributed by atoms with E-state index in [9.17, 15) is 0 Å². The van der Waals surface area contributed by atoms with Crippen LogP contribution in [0.1, 0.15) is 0 Å². The van der Waals surface area contributed by atoms with Crippen LogP contribution >= 0.6 is 11.3 Å². The molecule has 9 aromatic rings. The van der Waals surface area contributed by atoms with E-state index in [1.807, 2.05) is 23.5 Å². The molecule has 0 atom stereocenters. The van der Waals surface area contributed by atoms with Crippen molar-refractivity contribution in [2.75, 3.05) is 4.90 Å². The summed E-state index contributed by atoms with van der Waals surface area (Å²) < 4.78 is 8.80. The van der Waals surface area contributed by atoms with Crippen molar-refractivity contribution in [3.05, 3.63) is 152 Å². The van der Waals surface area contributed by atoms with Gasteiger partial charge in [0, 0.05) is 48.0 Å². The van der Waals surface area contributed by atoms with Crippen LogP contribution in [-0.2, 0) is 0 Å². The summed E-state index contributed by atoms with van der Waals surface area (Å²) in [5, 5.41) is 7.32. The van der Waals surface area contributed by atoms with Gasteiger partial charge in [0.1, 0.15) is 11.2 Å². The molecular weight excluding hydrogens is 543 g/mol. The number of nitrogens with zero attached hydrogens (tertiary/aromatic N) is 1. The minimum absolute atomic E-state index is 0.897. The quantitative estimate of drug-likeness (QED) is 0.210. The molecule has 0 radical (unpaired) electrons. The molecule has 0 saturated heterocycles. The second kappa shape index (κ2) is 9.59. The van der Waals surface area contributed by atoms with Crippen molar-refractivity contribution in [1.82, 2.24) is 0 Å². The molecule has 0 bridgehead atoms. The van der Waals surface area contributed by atoms with Gasteiger partial charge >= 0.3 is 0 Å². The van der Waals surface area contributed by atoms with E-state index in [1.165, 1.54) is 42.1 Å². The van der Waals surface area contributed by atoms with Crippen LogP contribution < -0.4 is 4.90 Å². The van der Waals surface area contributed by atoms with E-state index in [4.69, 9.17) is 4.42 Å². The first-order chi connectivity index (χ1) is 21.3. The molecule has 0 unspecified atom stereocenters. The lowest BCUT2D eigenvalue weighted by Crippen LogP contribution is -2.10. The summed E-state index contributed by atoms with van der Waals surface area (Å²) in [5.74, 6) is 0. The maximum absolute atomic E-state index is 6.19. The lowest BCUT2D eigenvalue weighted by atomic mass is 9.97. The van der Waals surface area contributed by atoms with Crippen LogP contribution in [0.3, 0.4) is 0 Å². The molecule has 2 aromatic heterocycles. The molecule has 0 spiro atoms. The highest BCUT2D eigenvalue weighted by Crippen LogP contribution is 2.43. The van der Waals surface area contributed by atoms with Crippen molar-refractivity contribution < 1.29 is 4.42 Å². The summed E-state index contributed by atoms with van der Waals surface area (Å²) in [4.78, 5) is 2.38. The molecule has 9 rings (SSSR count). The maximum Gasteiger partial charge on any atom is 0.135 e. The smallest absolute Gasteiger partial charge is 0.135 e. The van der Waals surface area contributed by atoms with Crippen molar-refractivity contribution in [2.24, 2.45) is 0 Å². The van der Waals surface area contributed by atoms with Crippen molar-refractivity contribution in [3.8, 4) is 11.1 Å². The first-order valence-corrected chi connectivity index (χ1v) is 15.3. The van der Waals surface area contributed by atoms with Crippen molar-refractivity contribution in [2.45, 2.75) is 0 Å². The first-order valence-electron chi connectivity index (χ1n) is 14.5. The minimum Gasteiger partial charge on any atom is -0.456 e. The third-order valence-corrected chi connectivity index (χ3v) is 9.59. The fourth-order valence-corrected chi connectivity index (χ4v) is 7.53. The van der Waals surface area contributed by atoms with Gasteiger partial charge in [0.15, 0.2) is 0 Å². The highest BCUT2D eigenvalue weighted by Gasteiger charge is 2.18. The van der Waals surface area contributed by atoms with E-state index in [0.29, 0.717) is 0 Å². The zero-order valence-electron chi connectivity index (χ0n) is 23.2. The van der Waals surface area contributed by atoms with Crippen LogP contribution in [0.15, 0.2) is 156 Å². The highest BCUT2D eigenvalue weighted by molar-refractivity contribution is 7.25. The summed E-state index contributed by atoms with van der Waals surface area (Å²) in [5.41, 5.74) is 7.55. The molecule has 0 amide bonds. The van der Waals surface area contributed by atoms with Gasteiger partial charge in [-0.05, 0) is 82.6 Å². The topological polar surface area (TPSA) is 16.4 Å². The monoisotopic (exact) mass is 567 g/mol. The zero-order valence-corrected chi connectivity index (χ0v) is 24.0. The summed E-state index contributed by atoms with van der Waals surface area (Å²) in [6.07, 6.45) is 0. The SMILES string of the molecule is c1cc(-c2cccc3ccccc23)cc(N(c2ccc3oc4ccccc4c3c2)c2ccc3sc4ccccc4c3c2)c1. The lowest BCUT2D eigenvalue weighted by molar-refractivity contribution is 0.669.